The first-order valence-electron chi connectivity index (χ1n) is 11.0. The van der Waals surface area contributed by atoms with Gasteiger partial charge in [0.05, 0.1) is 24.7 Å². The average Bonchev–Trinajstić information content (AvgIpc) is 3.18. The number of imidazole rings is 1. The monoisotopic (exact) mass is 462 g/mol. The molecule has 0 aliphatic rings. The van der Waals surface area contributed by atoms with Gasteiger partial charge in [-0.25, -0.2) is 9.55 Å². The summed E-state index contributed by atoms with van der Waals surface area (Å²) in [5.41, 5.74) is 3.96. The van der Waals surface area contributed by atoms with Crippen molar-refractivity contribution in [3.63, 3.8) is 0 Å². The number of para-hydroxylation sites is 2. The third-order valence-electron chi connectivity index (χ3n) is 5.04. The van der Waals surface area contributed by atoms with Crippen molar-refractivity contribution in [1.29, 1.82) is 0 Å². The molecular formula is C26H28N3O3S+. The van der Waals surface area contributed by atoms with E-state index < -0.39 is 0 Å². The predicted molar refractivity (Wildman–Crippen MR) is 132 cm³/mol. The Morgan fingerprint density at radius 2 is 1.73 bits per heavy atom. The summed E-state index contributed by atoms with van der Waals surface area (Å²) in [6, 6.07) is 23.9. The molecule has 6 nitrogen and oxygen atoms in total. The van der Waals surface area contributed by atoms with Crippen molar-refractivity contribution in [2.24, 2.45) is 0 Å². The summed E-state index contributed by atoms with van der Waals surface area (Å²) < 4.78 is 13.5. The van der Waals surface area contributed by atoms with Gasteiger partial charge in [-0.2, -0.15) is 0 Å². The van der Waals surface area contributed by atoms with E-state index in [9.17, 15) is 4.79 Å². The lowest BCUT2D eigenvalue weighted by Gasteiger charge is -2.13. The number of hydrogen-bond donors (Lipinski definition) is 2. The Bertz CT molecular complexity index is 1220. The van der Waals surface area contributed by atoms with Gasteiger partial charge < -0.3 is 14.8 Å². The molecule has 1 aromatic heterocycles. The maximum Gasteiger partial charge on any atom is 0.317 e. The number of rotatable bonds is 10. The van der Waals surface area contributed by atoms with E-state index in [1.807, 2.05) is 56.3 Å². The first-order valence-corrected chi connectivity index (χ1v) is 12.0. The fourth-order valence-corrected chi connectivity index (χ4v) is 4.45. The summed E-state index contributed by atoms with van der Waals surface area (Å²) in [6.45, 7) is 5.63. The molecule has 1 heterocycles. The molecule has 0 spiro atoms. The number of carbonyl (C=O) groups excluding carboxylic acids is 1. The second-order valence-electron chi connectivity index (χ2n) is 7.38. The number of nitrogens with one attached hydrogen (secondary N) is 2. The SMILES string of the molecule is CCOc1ccc(OCC)c(NC(=O)CSc2[nH]c3ccccc3[n+]2Cc2ccccc2)c1. The standard InChI is InChI=1S/C26H27N3O3S/c1-3-31-20-14-15-24(32-4-2)22(16-20)27-25(30)18-33-26-28-21-12-8-9-13-23(21)29(26)17-19-10-6-5-7-11-19/h5-16H,3-4,17-18H2,1-2H3,(H,27,30)/p+1. The number of ether oxygens (including phenoxy) is 2. The van der Waals surface area contributed by atoms with Gasteiger partial charge in [-0.05, 0) is 55.4 Å². The minimum absolute atomic E-state index is 0.112. The molecule has 0 fully saturated rings. The number of carbonyl (C=O) groups is 1. The summed E-state index contributed by atoms with van der Waals surface area (Å²) in [6.07, 6.45) is 0. The van der Waals surface area contributed by atoms with E-state index in [0.29, 0.717) is 30.4 Å². The average molecular weight is 463 g/mol. The van der Waals surface area contributed by atoms with Gasteiger partial charge in [0, 0.05) is 6.07 Å². The van der Waals surface area contributed by atoms with E-state index in [-0.39, 0.29) is 11.7 Å². The molecule has 0 saturated heterocycles. The van der Waals surface area contributed by atoms with Crippen LogP contribution >= 0.6 is 11.8 Å². The van der Waals surface area contributed by atoms with E-state index in [0.717, 1.165) is 22.7 Å². The van der Waals surface area contributed by atoms with Gasteiger partial charge in [0.25, 0.3) is 0 Å². The van der Waals surface area contributed by atoms with Crippen LogP contribution in [0.4, 0.5) is 5.69 Å². The number of anilines is 1. The Morgan fingerprint density at radius 1 is 0.970 bits per heavy atom. The normalized spacial score (nSPS) is 10.8. The van der Waals surface area contributed by atoms with E-state index in [4.69, 9.17) is 9.47 Å². The molecule has 0 radical (unpaired) electrons. The van der Waals surface area contributed by atoms with Crippen LogP contribution in [0.1, 0.15) is 19.4 Å². The van der Waals surface area contributed by atoms with Crippen molar-refractivity contribution >= 4 is 34.4 Å². The zero-order valence-corrected chi connectivity index (χ0v) is 19.7. The van der Waals surface area contributed by atoms with Gasteiger partial charge in [-0.15, -0.1) is 0 Å². The van der Waals surface area contributed by atoms with Crippen LogP contribution < -0.4 is 19.4 Å². The summed E-state index contributed by atoms with van der Waals surface area (Å²) in [5, 5.41) is 3.91. The van der Waals surface area contributed by atoms with Gasteiger partial charge in [0.15, 0.2) is 11.0 Å². The van der Waals surface area contributed by atoms with Crippen LogP contribution in [0.5, 0.6) is 11.5 Å². The van der Waals surface area contributed by atoms with Crippen LogP contribution in [0.2, 0.25) is 0 Å². The van der Waals surface area contributed by atoms with E-state index in [1.165, 1.54) is 17.3 Å². The highest BCUT2D eigenvalue weighted by Gasteiger charge is 2.21. The quantitative estimate of drug-likeness (QED) is 0.256. The van der Waals surface area contributed by atoms with E-state index in [1.54, 1.807) is 6.07 Å². The highest BCUT2D eigenvalue weighted by atomic mass is 32.2. The molecular weight excluding hydrogens is 434 g/mol. The number of nitrogens with zero attached hydrogens (tertiary/aromatic N) is 1. The number of benzene rings is 3. The van der Waals surface area contributed by atoms with Crippen LogP contribution in [0.3, 0.4) is 0 Å². The topological polar surface area (TPSA) is 67.2 Å². The van der Waals surface area contributed by atoms with Crippen LogP contribution in [0.15, 0.2) is 78.0 Å². The van der Waals surface area contributed by atoms with E-state index >= 15 is 0 Å². The molecule has 2 N–H and O–H groups in total. The second-order valence-corrected chi connectivity index (χ2v) is 8.34. The molecule has 0 saturated carbocycles. The molecule has 7 heteroatoms. The van der Waals surface area contributed by atoms with Gasteiger partial charge in [0.2, 0.25) is 5.91 Å². The summed E-state index contributed by atoms with van der Waals surface area (Å²) >= 11 is 1.48. The lowest BCUT2D eigenvalue weighted by Crippen LogP contribution is -2.35. The Labute approximate surface area is 197 Å². The fraction of sp³-hybridized carbons (Fsp3) is 0.231. The Balaban J connectivity index is 1.51. The van der Waals surface area contributed by atoms with Gasteiger partial charge in [0.1, 0.15) is 18.0 Å². The number of aromatic nitrogens is 2. The minimum atomic E-state index is -0.112. The number of fused-ring (bicyclic) bond motifs is 1. The smallest absolute Gasteiger partial charge is 0.317 e. The van der Waals surface area contributed by atoms with Gasteiger partial charge in [-0.1, -0.05) is 42.5 Å². The Kier molecular flexibility index (Phi) is 7.52. The van der Waals surface area contributed by atoms with E-state index in [2.05, 4.69) is 39.1 Å². The molecule has 0 bridgehead atoms. The Hall–Kier alpha value is -3.45. The fourth-order valence-electron chi connectivity index (χ4n) is 3.61. The van der Waals surface area contributed by atoms with Crippen molar-refractivity contribution < 1.29 is 18.8 Å². The molecule has 3 aromatic carbocycles. The number of hydrogen-bond acceptors (Lipinski definition) is 4. The third kappa shape index (κ3) is 5.68. The highest BCUT2D eigenvalue weighted by molar-refractivity contribution is 7.99. The van der Waals surface area contributed by atoms with Gasteiger partial charge >= 0.3 is 5.16 Å². The lowest BCUT2D eigenvalue weighted by molar-refractivity contribution is -0.700. The molecule has 170 valence electrons. The first kappa shape index (κ1) is 22.7. The van der Waals surface area contributed by atoms with Crippen molar-refractivity contribution in [3.05, 3.63) is 78.4 Å². The predicted octanol–water partition coefficient (Wildman–Crippen LogP) is 5.03. The van der Waals surface area contributed by atoms with Crippen LogP contribution in [-0.2, 0) is 11.3 Å². The third-order valence-corrected chi connectivity index (χ3v) is 6.04. The molecule has 0 aliphatic carbocycles. The van der Waals surface area contributed by atoms with Gasteiger partial charge in [-0.3, -0.25) is 4.79 Å². The van der Waals surface area contributed by atoms with Crippen molar-refractivity contribution in [2.45, 2.75) is 25.5 Å². The maximum absolute atomic E-state index is 12.8. The summed E-state index contributed by atoms with van der Waals surface area (Å²) in [5.74, 6) is 1.47. The van der Waals surface area contributed by atoms with Crippen LogP contribution in [0.25, 0.3) is 11.0 Å². The molecule has 4 rings (SSSR count). The Morgan fingerprint density at radius 3 is 2.52 bits per heavy atom. The number of thioether (sulfide) groups is 1. The highest BCUT2D eigenvalue weighted by Crippen LogP contribution is 2.30. The number of H-pyrrole nitrogens is 1. The number of aromatic amines is 1. The summed E-state index contributed by atoms with van der Waals surface area (Å²) in [7, 11) is 0. The van der Waals surface area contributed by atoms with Crippen LogP contribution in [0, 0.1) is 0 Å². The molecule has 0 aliphatic heterocycles. The molecule has 0 unspecified atom stereocenters. The summed E-state index contributed by atoms with van der Waals surface area (Å²) in [4.78, 5) is 16.3. The first-order chi connectivity index (χ1) is 16.2. The van der Waals surface area contributed by atoms with Crippen molar-refractivity contribution in [3.8, 4) is 11.5 Å². The van der Waals surface area contributed by atoms with Crippen molar-refractivity contribution in [2.75, 3.05) is 24.3 Å². The number of amides is 1. The maximum atomic E-state index is 12.8. The molecule has 4 aromatic rings. The largest absolute Gasteiger partial charge is 0.494 e. The zero-order valence-electron chi connectivity index (χ0n) is 18.8. The second kappa shape index (κ2) is 10.9. The molecule has 0 atom stereocenters. The van der Waals surface area contributed by atoms with Crippen LogP contribution in [-0.4, -0.2) is 29.9 Å². The minimum Gasteiger partial charge on any atom is -0.494 e. The molecule has 1 amide bonds. The molecule has 33 heavy (non-hydrogen) atoms. The lowest BCUT2D eigenvalue weighted by atomic mass is 10.2. The zero-order chi connectivity index (χ0) is 23.0. The van der Waals surface area contributed by atoms with Crippen molar-refractivity contribution in [1.82, 2.24) is 4.98 Å².